The molecule has 0 aliphatic carbocycles. The molecule has 0 aliphatic rings. The summed E-state index contributed by atoms with van der Waals surface area (Å²) < 4.78 is 43.1. The van der Waals surface area contributed by atoms with Gasteiger partial charge in [-0.3, -0.25) is 4.79 Å². The predicted molar refractivity (Wildman–Crippen MR) is 83.8 cm³/mol. The summed E-state index contributed by atoms with van der Waals surface area (Å²) in [4.78, 5) is 12.1. The smallest absolute Gasteiger partial charge is 0.442 e. The maximum atomic E-state index is 12.7. The second-order valence-electron chi connectivity index (χ2n) is 4.84. The van der Waals surface area contributed by atoms with Crippen LogP contribution < -0.4 is 0 Å². The van der Waals surface area contributed by atoms with Gasteiger partial charge in [-0.05, 0) is 29.3 Å². The van der Waals surface area contributed by atoms with Gasteiger partial charge in [-0.1, -0.05) is 60.7 Å². The number of rotatable bonds is 6. The highest BCUT2D eigenvalue weighted by molar-refractivity contribution is 8.01. The molecular weight excluding hydrogens is 325 g/mol. The fraction of sp³-hybridized carbons (Fsp3) is 0.235. The van der Waals surface area contributed by atoms with Crippen LogP contribution in [0.15, 0.2) is 60.7 Å². The second kappa shape index (κ2) is 8.06. The minimum atomic E-state index is -4.49. The van der Waals surface area contributed by atoms with Crippen LogP contribution in [0, 0.1) is 0 Å². The molecule has 0 heterocycles. The molecule has 2 nitrogen and oxygen atoms in total. The topological polar surface area (TPSA) is 26.3 Å². The Morgan fingerprint density at radius 3 is 2.00 bits per heavy atom. The van der Waals surface area contributed by atoms with E-state index in [0.717, 1.165) is 5.56 Å². The van der Waals surface area contributed by atoms with Crippen LogP contribution in [0.2, 0.25) is 0 Å². The first-order chi connectivity index (χ1) is 10.9. The van der Waals surface area contributed by atoms with Crippen LogP contribution in [-0.4, -0.2) is 16.7 Å². The van der Waals surface area contributed by atoms with E-state index < -0.39 is 16.7 Å². The van der Waals surface area contributed by atoms with Crippen molar-refractivity contribution in [1.82, 2.24) is 0 Å². The molecule has 2 aromatic carbocycles. The average molecular weight is 340 g/mol. The third kappa shape index (κ3) is 6.36. The monoisotopic (exact) mass is 340 g/mol. The van der Waals surface area contributed by atoms with E-state index in [1.54, 1.807) is 54.6 Å². The van der Waals surface area contributed by atoms with Crippen LogP contribution >= 0.6 is 11.8 Å². The van der Waals surface area contributed by atoms with Gasteiger partial charge in [-0.2, -0.15) is 13.2 Å². The minimum Gasteiger partial charge on any atom is -0.460 e. The largest absolute Gasteiger partial charge is 0.460 e. The van der Waals surface area contributed by atoms with Gasteiger partial charge in [0.1, 0.15) is 11.9 Å². The first kappa shape index (κ1) is 17.4. The molecule has 1 atom stereocenters. The van der Waals surface area contributed by atoms with Gasteiger partial charge in [0, 0.05) is 0 Å². The van der Waals surface area contributed by atoms with E-state index in [0.29, 0.717) is 5.56 Å². The first-order valence-electron chi connectivity index (χ1n) is 6.93. The van der Waals surface area contributed by atoms with Crippen LogP contribution in [-0.2, 0) is 22.6 Å². The number of ether oxygens (including phenoxy) is 1. The lowest BCUT2D eigenvalue weighted by Crippen LogP contribution is -2.26. The zero-order valence-electron chi connectivity index (χ0n) is 12.1. The summed E-state index contributed by atoms with van der Waals surface area (Å²) in [5.74, 6) is -0.861. The molecule has 23 heavy (non-hydrogen) atoms. The van der Waals surface area contributed by atoms with Gasteiger partial charge < -0.3 is 4.74 Å². The number of halogens is 3. The number of carbonyl (C=O) groups excluding carboxylic acids is 1. The van der Waals surface area contributed by atoms with Gasteiger partial charge in [-0.25, -0.2) is 0 Å². The van der Waals surface area contributed by atoms with Crippen LogP contribution in [0.25, 0.3) is 0 Å². The number of thioether (sulfide) groups is 1. The highest BCUT2D eigenvalue weighted by Gasteiger charge is 2.37. The molecule has 0 amide bonds. The van der Waals surface area contributed by atoms with Gasteiger partial charge >= 0.3 is 11.5 Å². The number of hydrogen-bond donors (Lipinski definition) is 0. The first-order valence-corrected chi connectivity index (χ1v) is 7.81. The van der Waals surface area contributed by atoms with Gasteiger partial charge in [-0.15, -0.1) is 0 Å². The standard InChI is InChI=1S/C17H15F3O2S/c18-17(19,20)23-15(11-13-7-3-1-4-8-13)16(21)22-12-14-9-5-2-6-10-14/h1-10,15H,11-12H2. The third-order valence-corrected chi connectivity index (χ3v) is 3.94. The quantitative estimate of drug-likeness (QED) is 0.719. The number of esters is 1. The van der Waals surface area contributed by atoms with Gasteiger partial charge in [0.25, 0.3) is 0 Å². The average Bonchev–Trinajstić information content (AvgIpc) is 2.53. The minimum absolute atomic E-state index is 0.0291. The normalized spacial score (nSPS) is 12.7. The van der Waals surface area contributed by atoms with Crippen LogP contribution in [0.3, 0.4) is 0 Å². The Labute approximate surface area is 136 Å². The highest BCUT2D eigenvalue weighted by atomic mass is 32.2. The number of carbonyl (C=O) groups is 1. The molecule has 0 radical (unpaired) electrons. The Balaban J connectivity index is 2.02. The van der Waals surface area contributed by atoms with Crippen molar-refractivity contribution in [2.45, 2.75) is 23.8 Å². The van der Waals surface area contributed by atoms with Crippen molar-refractivity contribution in [3.63, 3.8) is 0 Å². The predicted octanol–water partition coefficient (Wildman–Crippen LogP) is 4.59. The van der Waals surface area contributed by atoms with Gasteiger partial charge in [0.15, 0.2) is 0 Å². The van der Waals surface area contributed by atoms with E-state index in [-0.39, 0.29) is 24.8 Å². The van der Waals surface area contributed by atoms with Crippen molar-refractivity contribution in [1.29, 1.82) is 0 Å². The summed E-state index contributed by atoms with van der Waals surface area (Å²) in [5.41, 5.74) is -3.10. The molecule has 122 valence electrons. The van der Waals surface area contributed by atoms with Gasteiger partial charge in [0.05, 0.1) is 0 Å². The summed E-state index contributed by atoms with van der Waals surface area (Å²) in [6.45, 7) is -0.0383. The van der Waals surface area contributed by atoms with E-state index in [4.69, 9.17) is 4.74 Å². The third-order valence-electron chi connectivity index (χ3n) is 3.03. The number of alkyl halides is 3. The van der Waals surface area contributed by atoms with Crippen molar-refractivity contribution in [2.75, 3.05) is 0 Å². The summed E-state index contributed by atoms with van der Waals surface area (Å²) in [5, 5.41) is -1.32. The molecule has 2 rings (SSSR count). The fourth-order valence-corrected chi connectivity index (χ4v) is 2.75. The zero-order valence-corrected chi connectivity index (χ0v) is 12.9. The van der Waals surface area contributed by atoms with E-state index in [1.807, 2.05) is 6.07 Å². The second-order valence-corrected chi connectivity index (χ2v) is 6.10. The van der Waals surface area contributed by atoms with Crippen molar-refractivity contribution < 1.29 is 22.7 Å². The van der Waals surface area contributed by atoms with Crippen molar-refractivity contribution >= 4 is 17.7 Å². The summed E-state index contributed by atoms with van der Waals surface area (Å²) >= 11 is -0.335. The lowest BCUT2D eigenvalue weighted by Gasteiger charge is -2.17. The zero-order chi connectivity index (χ0) is 16.7. The molecule has 0 N–H and O–H groups in total. The van der Waals surface area contributed by atoms with Crippen molar-refractivity contribution in [3.05, 3.63) is 71.8 Å². The van der Waals surface area contributed by atoms with E-state index >= 15 is 0 Å². The molecule has 6 heteroatoms. The maximum absolute atomic E-state index is 12.7. The van der Waals surface area contributed by atoms with Crippen molar-refractivity contribution in [2.24, 2.45) is 0 Å². The highest BCUT2D eigenvalue weighted by Crippen LogP contribution is 2.36. The lowest BCUT2D eigenvalue weighted by molar-refractivity contribution is -0.144. The molecule has 0 saturated heterocycles. The molecule has 2 aromatic rings. The molecule has 0 spiro atoms. The van der Waals surface area contributed by atoms with Crippen LogP contribution in [0.4, 0.5) is 13.2 Å². The van der Waals surface area contributed by atoms with Crippen LogP contribution in [0.1, 0.15) is 11.1 Å². The van der Waals surface area contributed by atoms with Gasteiger partial charge in [0.2, 0.25) is 0 Å². The van der Waals surface area contributed by atoms with E-state index in [1.165, 1.54) is 0 Å². The number of benzene rings is 2. The molecule has 0 bridgehead atoms. The molecule has 0 fully saturated rings. The molecule has 1 unspecified atom stereocenters. The fourth-order valence-electron chi connectivity index (χ4n) is 1.98. The molecule has 0 aliphatic heterocycles. The summed E-state index contributed by atoms with van der Waals surface area (Å²) in [7, 11) is 0. The molecule has 0 aromatic heterocycles. The number of hydrogen-bond acceptors (Lipinski definition) is 3. The Kier molecular flexibility index (Phi) is 6.10. The van der Waals surface area contributed by atoms with E-state index in [2.05, 4.69) is 0 Å². The Morgan fingerprint density at radius 2 is 1.48 bits per heavy atom. The lowest BCUT2D eigenvalue weighted by atomic mass is 10.1. The molecule has 0 saturated carbocycles. The SMILES string of the molecule is O=C(OCc1ccccc1)C(Cc1ccccc1)SC(F)(F)F. The Bertz CT molecular complexity index is 615. The van der Waals surface area contributed by atoms with Crippen molar-refractivity contribution in [3.8, 4) is 0 Å². The summed E-state index contributed by atoms with van der Waals surface area (Å²) in [6.07, 6.45) is -0.0291. The Hall–Kier alpha value is -1.95. The Morgan fingerprint density at radius 1 is 0.957 bits per heavy atom. The van der Waals surface area contributed by atoms with Crippen LogP contribution in [0.5, 0.6) is 0 Å². The van der Waals surface area contributed by atoms with E-state index in [9.17, 15) is 18.0 Å². The summed E-state index contributed by atoms with van der Waals surface area (Å²) in [6, 6.07) is 17.4. The molecular formula is C17H15F3O2S. The maximum Gasteiger partial charge on any atom is 0.442 e.